The van der Waals surface area contributed by atoms with E-state index < -0.39 is 0 Å². The van der Waals surface area contributed by atoms with Gasteiger partial charge in [0.05, 0.1) is 6.61 Å². The van der Waals surface area contributed by atoms with Crippen LogP contribution in [0.4, 0.5) is 0 Å². The Labute approximate surface area is 51.7 Å². The number of hydrogen-bond donors (Lipinski definition) is 1. The molecule has 0 radical (unpaired) electrons. The molecule has 0 spiro atoms. The molecule has 0 aromatic rings. The number of thioether (sulfide) groups is 1. The van der Waals surface area contributed by atoms with Gasteiger partial charge in [-0.2, -0.15) is 0 Å². The van der Waals surface area contributed by atoms with Crippen molar-refractivity contribution in [2.75, 3.05) is 6.61 Å². The lowest BCUT2D eigenvalue weighted by Crippen LogP contribution is -1.92. The molecule has 0 aliphatic carbocycles. The minimum absolute atomic E-state index is 0.154. The molecule has 1 saturated heterocycles. The zero-order valence-electron chi connectivity index (χ0n) is 4.50. The second-order valence-electron chi connectivity index (χ2n) is 1.49. The fourth-order valence-corrected chi connectivity index (χ4v) is 1.20. The SMILES string of the molecule is CC1OCC(=NO)S1. The number of rotatable bonds is 0. The summed E-state index contributed by atoms with van der Waals surface area (Å²) in [6, 6.07) is 0. The smallest absolute Gasteiger partial charge is 0.141 e. The Morgan fingerprint density at radius 2 is 2.75 bits per heavy atom. The van der Waals surface area contributed by atoms with Crippen molar-refractivity contribution < 1.29 is 9.94 Å². The maximum Gasteiger partial charge on any atom is 0.141 e. The van der Waals surface area contributed by atoms with Gasteiger partial charge >= 0.3 is 0 Å². The lowest BCUT2D eigenvalue weighted by molar-refractivity contribution is 0.170. The van der Waals surface area contributed by atoms with Gasteiger partial charge in [0, 0.05) is 0 Å². The molecule has 0 aromatic carbocycles. The number of oxime groups is 1. The van der Waals surface area contributed by atoms with Crippen LogP contribution in [0.3, 0.4) is 0 Å². The van der Waals surface area contributed by atoms with Gasteiger partial charge in [0.25, 0.3) is 0 Å². The zero-order valence-corrected chi connectivity index (χ0v) is 5.31. The molecule has 8 heavy (non-hydrogen) atoms. The van der Waals surface area contributed by atoms with Crippen molar-refractivity contribution in [3.05, 3.63) is 0 Å². The Hall–Kier alpha value is -0.220. The molecule has 1 fully saturated rings. The van der Waals surface area contributed by atoms with E-state index in [1.54, 1.807) is 0 Å². The summed E-state index contributed by atoms with van der Waals surface area (Å²) in [6.45, 7) is 2.38. The predicted molar refractivity (Wildman–Crippen MR) is 32.2 cm³/mol. The second kappa shape index (κ2) is 2.37. The van der Waals surface area contributed by atoms with Gasteiger partial charge in [0.1, 0.15) is 10.5 Å². The summed E-state index contributed by atoms with van der Waals surface area (Å²) in [5, 5.41) is 11.8. The predicted octanol–water partition coefficient (Wildman–Crippen LogP) is 0.883. The Morgan fingerprint density at radius 1 is 2.00 bits per heavy atom. The summed E-state index contributed by atoms with van der Waals surface area (Å²) in [6.07, 6.45) is 0. The third kappa shape index (κ3) is 1.14. The molecule has 1 aliphatic rings. The van der Waals surface area contributed by atoms with E-state index in [2.05, 4.69) is 5.16 Å². The van der Waals surface area contributed by atoms with E-state index in [9.17, 15) is 0 Å². The van der Waals surface area contributed by atoms with Crippen LogP contribution < -0.4 is 0 Å². The van der Waals surface area contributed by atoms with Crippen LogP contribution in [0.15, 0.2) is 5.16 Å². The maximum absolute atomic E-state index is 8.17. The normalized spacial score (nSPS) is 34.1. The van der Waals surface area contributed by atoms with Crippen LogP contribution in [-0.4, -0.2) is 22.3 Å². The first kappa shape index (κ1) is 5.91. The minimum Gasteiger partial charge on any atom is -0.410 e. The molecule has 4 heteroatoms. The molecule has 1 heterocycles. The molecule has 46 valence electrons. The van der Waals surface area contributed by atoms with Crippen LogP contribution >= 0.6 is 11.8 Å². The summed E-state index contributed by atoms with van der Waals surface area (Å²) < 4.78 is 5.03. The van der Waals surface area contributed by atoms with Crippen molar-refractivity contribution in [1.29, 1.82) is 0 Å². The average Bonchev–Trinajstić information content (AvgIpc) is 2.14. The van der Waals surface area contributed by atoms with Crippen molar-refractivity contribution in [3.8, 4) is 0 Å². The molecule has 3 nitrogen and oxygen atoms in total. The monoisotopic (exact) mass is 133 g/mol. The highest BCUT2D eigenvalue weighted by Gasteiger charge is 2.17. The van der Waals surface area contributed by atoms with Gasteiger partial charge in [0.2, 0.25) is 0 Å². The molecule has 0 bridgehead atoms. The van der Waals surface area contributed by atoms with Crippen LogP contribution in [-0.2, 0) is 4.74 Å². The van der Waals surface area contributed by atoms with Crippen LogP contribution in [0.1, 0.15) is 6.92 Å². The van der Waals surface area contributed by atoms with E-state index >= 15 is 0 Å². The van der Waals surface area contributed by atoms with Crippen molar-refractivity contribution in [2.24, 2.45) is 5.16 Å². The summed E-state index contributed by atoms with van der Waals surface area (Å²) >= 11 is 1.44. The topological polar surface area (TPSA) is 41.8 Å². The third-order valence-corrected chi connectivity index (χ3v) is 1.79. The third-order valence-electron chi connectivity index (χ3n) is 0.855. The standard InChI is InChI=1S/C4H7NO2S/c1-3-7-2-4(5-6)8-3/h3,6H,2H2,1H3. The van der Waals surface area contributed by atoms with Crippen LogP contribution in [0.5, 0.6) is 0 Å². The van der Waals surface area contributed by atoms with Crippen LogP contribution in [0, 0.1) is 0 Å². The van der Waals surface area contributed by atoms with Crippen molar-refractivity contribution in [3.63, 3.8) is 0 Å². The molecular weight excluding hydrogens is 126 g/mol. The van der Waals surface area contributed by atoms with Gasteiger partial charge in [0.15, 0.2) is 0 Å². The van der Waals surface area contributed by atoms with Crippen molar-refractivity contribution >= 4 is 16.8 Å². The molecule has 1 atom stereocenters. The number of hydrogen-bond acceptors (Lipinski definition) is 4. The van der Waals surface area contributed by atoms with Crippen molar-refractivity contribution in [2.45, 2.75) is 12.4 Å². The molecule has 1 rings (SSSR count). The molecule has 1 N–H and O–H groups in total. The van der Waals surface area contributed by atoms with Gasteiger partial charge in [-0.05, 0) is 6.92 Å². The van der Waals surface area contributed by atoms with E-state index in [4.69, 9.17) is 9.94 Å². The summed E-state index contributed by atoms with van der Waals surface area (Å²) in [5.74, 6) is 0. The van der Waals surface area contributed by atoms with Crippen molar-refractivity contribution in [1.82, 2.24) is 0 Å². The fraction of sp³-hybridized carbons (Fsp3) is 0.750. The zero-order chi connectivity index (χ0) is 5.98. The lowest BCUT2D eigenvalue weighted by Gasteiger charge is -1.92. The van der Waals surface area contributed by atoms with Gasteiger partial charge in [-0.25, -0.2) is 0 Å². The molecule has 1 aliphatic heterocycles. The Balaban J connectivity index is 2.44. The fourth-order valence-electron chi connectivity index (χ4n) is 0.501. The van der Waals surface area contributed by atoms with Gasteiger partial charge in [-0.15, -0.1) is 0 Å². The van der Waals surface area contributed by atoms with Gasteiger partial charge < -0.3 is 9.94 Å². The van der Waals surface area contributed by atoms with E-state index in [0.717, 1.165) is 0 Å². The highest BCUT2D eigenvalue weighted by Crippen LogP contribution is 2.21. The van der Waals surface area contributed by atoms with Gasteiger partial charge in [-0.3, -0.25) is 0 Å². The van der Waals surface area contributed by atoms with Crippen LogP contribution in [0.25, 0.3) is 0 Å². The quantitative estimate of drug-likeness (QED) is 0.394. The maximum atomic E-state index is 8.17. The molecule has 0 saturated carbocycles. The number of nitrogens with zero attached hydrogens (tertiary/aromatic N) is 1. The first-order valence-corrected chi connectivity index (χ1v) is 3.20. The van der Waals surface area contributed by atoms with Gasteiger partial charge in [-0.1, -0.05) is 16.9 Å². The van der Waals surface area contributed by atoms with E-state index in [0.29, 0.717) is 11.7 Å². The summed E-state index contributed by atoms with van der Waals surface area (Å²) in [4.78, 5) is 0. The second-order valence-corrected chi connectivity index (χ2v) is 2.86. The highest BCUT2D eigenvalue weighted by atomic mass is 32.2. The van der Waals surface area contributed by atoms with E-state index in [1.807, 2.05) is 6.92 Å². The molecular formula is C4H7NO2S. The summed E-state index contributed by atoms with van der Waals surface area (Å²) in [7, 11) is 0. The number of ether oxygens (including phenoxy) is 1. The highest BCUT2D eigenvalue weighted by molar-refractivity contribution is 8.14. The van der Waals surface area contributed by atoms with E-state index in [-0.39, 0.29) is 5.44 Å². The Bertz CT molecular complexity index is 115. The van der Waals surface area contributed by atoms with Crippen LogP contribution in [0.2, 0.25) is 0 Å². The molecule has 0 aromatic heterocycles. The molecule has 0 amide bonds. The molecule has 1 unspecified atom stereocenters. The lowest BCUT2D eigenvalue weighted by atomic mass is 10.8. The average molecular weight is 133 g/mol. The largest absolute Gasteiger partial charge is 0.410 e. The first-order chi connectivity index (χ1) is 3.83. The minimum atomic E-state index is 0.154. The summed E-state index contributed by atoms with van der Waals surface area (Å²) in [5.41, 5.74) is 0.154. The first-order valence-electron chi connectivity index (χ1n) is 2.32. The Kier molecular flexibility index (Phi) is 1.75. The van der Waals surface area contributed by atoms with E-state index in [1.165, 1.54) is 11.8 Å². The Morgan fingerprint density at radius 3 is 3.00 bits per heavy atom.